The van der Waals surface area contributed by atoms with E-state index < -0.39 is 10.0 Å². The standard InChI is InChI=1S/C16H26N2O4S/c1-3-18-10-4-5-14(18)13-17-23(19,20)16-8-6-15(7-9-16)22-12-11-21-2/h6-9,14,17H,3-5,10-13H2,1-2H3/t14-/m1/s1. The maximum atomic E-state index is 12.4. The molecule has 1 heterocycles. The maximum Gasteiger partial charge on any atom is 0.240 e. The van der Waals surface area contributed by atoms with E-state index in [1.807, 2.05) is 0 Å². The zero-order valence-electron chi connectivity index (χ0n) is 13.8. The Kier molecular flexibility index (Phi) is 6.83. The van der Waals surface area contributed by atoms with E-state index in [1.54, 1.807) is 31.4 Å². The van der Waals surface area contributed by atoms with Crippen LogP contribution in [-0.4, -0.2) is 59.3 Å². The molecule has 1 aliphatic rings. The van der Waals surface area contributed by atoms with Gasteiger partial charge in [0.2, 0.25) is 10.0 Å². The highest BCUT2D eigenvalue weighted by atomic mass is 32.2. The normalized spacial score (nSPS) is 19.1. The third-order valence-electron chi connectivity index (χ3n) is 4.10. The SMILES string of the molecule is CCN1CCC[C@@H]1CNS(=O)(=O)c1ccc(OCCOC)cc1. The van der Waals surface area contributed by atoms with Gasteiger partial charge in [0.05, 0.1) is 11.5 Å². The van der Waals surface area contributed by atoms with Gasteiger partial charge < -0.3 is 9.47 Å². The van der Waals surface area contributed by atoms with Crippen LogP contribution in [0.1, 0.15) is 19.8 Å². The Bertz CT molecular complexity index is 574. The number of likely N-dealkylation sites (tertiary alicyclic amines) is 1. The number of hydrogen-bond acceptors (Lipinski definition) is 5. The second kappa shape index (κ2) is 8.63. The van der Waals surface area contributed by atoms with Crippen molar-refractivity contribution in [2.45, 2.75) is 30.7 Å². The van der Waals surface area contributed by atoms with Crippen molar-refractivity contribution in [3.05, 3.63) is 24.3 Å². The Balaban J connectivity index is 1.91. The second-order valence-electron chi connectivity index (χ2n) is 5.59. The summed E-state index contributed by atoms with van der Waals surface area (Å²) >= 11 is 0. The molecule has 130 valence electrons. The van der Waals surface area contributed by atoms with Crippen LogP contribution in [0.3, 0.4) is 0 Å². The quantitative estimate of drug-likeness (QED) is 0.689. The molecule has 0 bridgehead atoms. The van der Waals surface area contributed by atoms with E-state index in [9.17, 15) is 8.42 Å². The average Bonchev–Trinajstić information content (AvgIpc) is 3.01. The van der Waals surface area contributed by atoms with E-state index in [4.69, 9.17) is 9.47 Å². The van der Waals surface area contributed by atoms with E-state index in [2.05, 4.69) is 16.5 Å². The van der Waals surface area contributed by atoms with Crippen molar-refractivity contribution in [3.63, 3.8) is 0 Å². The molecule has 0 unspecified atom stereocenters. The zero-order valence-corrected chi connectivity index (χ0v) is 14.6. The topological polar surface area (TPSA) is 67.9 Å². The third kappa shape index (κ3) is 5.17. The van der Waals surface area contributed by atoms with E-state index >= 15 is 0 Å². The Hall–Kier alpha value is -1.15. The number of nitrogens with zero attached hydrogens (tertiary/aromatic N) is 1. The van der Waals surface area contributed by atoms with Crippen molar-refractivity contribution < 1.29 is 17.9 Å². The molecular formula is C16H26N2O4S. The lowest BCUT2D eigenvalue weighted by molar-refractivity contribution is 0.146. The van der Waals surface area contributed by atoms with E-state index in [0.29, 0.717) is 31.5 Å². The minimum absolute atomic E-state index is 0.262. The molecule has 1 aliphatic heterocycles. The number of nitrogens with one attached hydrogen (secondary N) is 1. The van der Waals surface area contributed by atoms with E-state index in [0.717, 1.165) is 25.9 Å². The van der Waals surface area contributed by atoms with Gasteiger partial charge in [-0.25, -0.2) is 13.1 Å². The molecular weight excluding hydrogens is 316 g/mol. The van der Waals surface area contributed by atoms with Gasteiger partial charge in [-0.2, -0.15) is 0 Å². The average molecular weight is 342 g/mol. The van der Waals surface area contributed by atoms with Crippen molar-refractivity contribution >= 4 is 10.0 Å². The predicted molar refractivity (Wildman–Crippen MR) is 89.3 cm³/mol. The highest BCUT2D eigenvalue weighted by Crippen LogP contribution is 2.18. The number of sulfonamides is 1. The number of hydrogen-bond donors (Lipinski definition) is 1. The molecule has 0 amide bonds. The van der Waals surface area contributed by atoms with E-state index in [-0.39, 0.29) is 4.90 Å². The molecule has 0 aromatic heterocycles. The van der Waals surface area contributed by atoms with Crippen LogP contribution in [-0.2, 0) is 14.8 Å². The van der Waals surface area contributed by atoms with Gasteiger partial charge in [0.15, 0.2) is 0 Å². The van der Waals surface area contributed by atoms with Gasteiger partial charge in [-0.05, 0) is 50.2 Å². The zero-order chi connectivity index (χ0) is 16.7. The smallest absolute Gasteiger partial charge is 0.240 e. The fourth-order valence-corrected chi connectivity index (χ4v) is 3.86. The van der Waals surface area contributed by atoms with Crippen molar-refractivity contribution in [2.75, 3.05) is 40.0 Å². The fraction of sp³-hybridized carbons (Fsp3) is 0.625. The summed E-state index contributed by atoms with van der Waals surface area (Å²) in [6.07, 6.45) is 2.18. The monoisotopic (exact) mass is 342 g/mol. The van der Waals surface area contributed by atoms with Gasteiger partial charge >= 0.3 is 0 Å². The summed E-state index contributed by atoms with van der Waals surface area (Å²) in [7, 11) is -1.87. The molecule has 0 aliphatic carbocycles. The number of benzene rings is 1. The van der Waals surface area contributed by atoms with Crippen LogP contribution in [0.5, 0.6) is 5.75 Å². The third-order valence-corrected chi connectivity index (χ3v) is 5.54. The Morgan fingerprint density at radius 1 is 1.26 bits per heavy atom. The van der Waals surface area contributed by atoms with Gasteiger partial charge in [-0.1, -0.05) is 6.92 Å². The molecule has 2 rings (SSSR count). The Labute approximate surface area is 138 Å². The van der Waals surface area contributed by atoms with Crippen molar-refractivity contribution in [2.24, 2.45) is 0 Å². The lowest BCUT2D eigenvalue weighted by atomic mass is 10.2. The Morgan fingerprint density at radius 3 is 2.65 bits per heavy atom. The molecule has 1 aromatic rings. The molecule has 23 heavy (non-hydrogen) atoms. The summed E-state index contributed by atoms with van der Waals surface area (Å²) in [6, 6.07) is 6.76. The van der Waals surface area contributed by atoms with Crippen LogP contribution in [0.25, 0.3) is 0 Å². The molecule has 1 atom stereocenters. The van der Waals surface area contributed by atoms with Crippen LogP contribution in [0, 0.1) is 0 Å². The molecule has 1 N–H and O–H groups in total. The van der Waals surface area contributed by atoms with Crippen molar-refractivity contribution in [3.8, 4) is 5.75 Å². The molecule has 7 heteroatoms. The summed E-state index contributed by atoms with van der Waals surface area (Å²) in [5.41, 5.74) is 0. The number of rotatable bonds is 9. The molecule has 0 spiro atoms. The number of likely N-dealkylation sites (N-methyl/N-ethyl adjacent to an activating group) is 1. The van der Waals surface area contributed by atoms with Crippen LogP contribution in [0.2, 0.25) is 0 Å². The van der Waals surface area contributed by atoms with Gasteiger partial charge in [0.25, 0.3) is 0 Å². The highest BCUT2D eigenvalue weighted by Gasteiger charge is 2.25. The van der Waals surface area contributed by atoms with Gasteiger partial charge in [0.1, 0.15) is 12.4 Å². The number of ether oxygens (including phenoxy) is 2. The summed E-state index contributed by atoms with van der Waals surface area (Å²) in [5, 5.41) is 0. The molecule has 1 saturated heterocycles. The molecule has 0 saturated carbocycles. The lowest BCUT2D eigenvalue weighted by Crippen LogP contribution is -2.39. The summed E-state index contributed by atoms with van der Waals surface area (Å²) in [4.78, 5) is 2.58. The van der Waals surface area contributed by atoms with Crippen molar-refractivity contribution in [1.29, 1.82) is 0 Å². The predicted octanol–water partition coefficient (Wildman–Crippen LogP) is 1.47. The highest BCUT2D eigenvalue weighted by molar-refractivity contribution is 7.89. The first-order chi connectivity index (χ1) is 11.1. The molecule has 1 fully saturated rings. The largest absolute Gasteiger partial charge is 0.491 e. The summed E-state index contributed by atoms with van der Waals surface area (Å²) in [6.45, 7) is 5.51. The van der Waals surface area contributed by atoms with Crippen LogP contribution in [0.4, 0.5) is 0 Å². The van der Waals surface area contributed by atoms with Crippen LogP contribution in [0.15, 0.2) is 29.2 Å². The fourth-order valence-electron chi connectivity index (χ4n) is 2.79. The minimum atomic E-state index is -3.48. The molecule has 1 aromatic carbocycles. The first kappa shape index (κ1) is 18.2. The Morgan fingerprint density at radius 2 is 2.00 bits per heavy atom. The first-order valence-corrected chi connectivity index (χ1v) is 9.50. The molecule has 6 nitrogen and oxygen atoms in total. The van der Waals surface area contributed by atoms with Crippen LogP contribution < -0.4 is 9.46 Å². The van der Waals surface area contributed by atoms with Gasteiger partial charge in [0, 0.05) is 19.7 Å². The maximum absolute atomic E-state index is 12.4. The van der Waals surface area contributed by atoms with Crippen LogP contribution >= 0.6 is 0 Å². The number of methoxy groups -OCH3 is 1. The summed E-state index contributed by atoms with van der Waals surface area (Å²) < 4.78 is 37.8. The van der Waals surface area contributed by atoms with Gasteiger partial charge in [-0.15, -0.1) is 0 Å². The van der Waals surface area contributed by atoms with Gasteiger partial charge in [-0.3, -0.25) is 4.90 Å². The second-order valence-corrected chi connectivity index (χ2v) is 7.36. The summed E-state index contributed by atoms with van der Waals surface area (Å²) in [5.74, 6) is 0.633. The van der Waals surface area contributed by atoms with Crippen molar-refractivity contribution in [1.82, 2.24) is 9.62 Å². The minimum Gasteiger partial charge on any atom is -0.491 e. The molecule has 0 radical (unpaired) electrons. The first-order valence-electron chi connectivity index (χ1n) is 8.02. The lowest BCUT2D eigenvalue weighted by Gasteiger charge is -2.22. The van der Waals surface area contributed by atoms with E-state index in [1.165, 1.54) is 0 Å².